The van der Waals surface area contributed by atoms with Crippen LogP contribution in [0.4, 0.5) is 11.4 Å². The Kier molecular flexibility index (Phi) is 7.19. The van der Waals surface area contributed by atoms with E-state index >= 15 is 0 Å². The molecule has 3 aromatic rings. The number of rotatable bonds is 8. The molecule has 154 valence electrons. The van der Waals surface area contributed by atoms with Gasteiger partial charge in [0.25, 0.3) is 11.8 Å². The number of amides is 2. The molecule has 0 aliphatic heterocycles. The third-order valence-electron chi connectivity index (χ3n) is 4.49. The average molecular weight is 404 g/mol. The summed E-state index contributed by atoms with van der Waals surface area (Å²) in [7, 11) is 3.33. The first-order chi connectivity index (χ1) is 14.6. The van der Waals surface area contributed by atoms with Gasteiger partial charge in [0.2, 0.25) is 0 Å². The van der Waals surface area contributed by atoms with E-state index in [4.69, 9.17) is 9.47 Å². The minimum absolute atomic E-state index is 0.158. The number of carbonyl (C=O) groups excluding carboxylic acids is 2. The van der Waals surface area contributed by atoms with Crippen LogP contribution in [0.15, 0.2) is 78.9 Å². The van der Waals surface area contributed by atoms with Crippen LogP contribution in [-0.4, -0.2) is 39.2 Å². The standard InChI is InChI=1S/C24H24N2O4/c1-26(21-9-4-3-5-10-21)24(28)19-7-6-8-20(17-19)25-23(27)18-11-13-22(14-12-18)30-16-15-29-2/h3-14,17H,15-16H2,1-2H3,(H,25,27). The van der Waals surface area contributed by atoms with E-state index in [1.54, 1.807) is 67.6 Å². The van der Waals surface area contributed by atoms with E-state index in [9.17, 15) is 9.59 Å². The van der Waals surface area contributed by atoms with E-state index in [2.05, 4.69) is 5.32 Å². The van der Waals surface area contributed by atoms with E-state index in [-0.39, 0.29) is 11.8 Å². The maximum atomic E-state index is 12.8. The van der Waals surface area contributed by atoms with Crippen LogP contribution in [0.25, 0.3) is 0 Å². The normalized spacial score (nSPS) is 10.3. The van der Waals surface area contributed by atoms with E-state index in [0.717, 1.165) is 5.69 Å². The molecule has 0 unspecified atom stereocenters. The van der Waals surface area contributed by atoms with Gasteiger partial charge < -0.3 is 19.7 Å². The number of benzene rings is 3. The molecule has 0 heterocycles. The minimum atomic E-state index is -0.264. The van der Waals surface area contributed by atoms with Crippen molar-refractivity contribution in [2.24, 2.45) is 0 Å². The lowest BCUT2D eigenvalue weighted by atomic mass is 10.1. The second-order valence-electron chi connectivity index (χ2n) is 6.60. The number of hydrogen-bond donors (Lipinski definition) is 1. The topological polar surface area (TPSA) is 67.9 Å². The van der Waals surface area contributed by atoms with Gasteiger partial charge in [0.15, 0.2) is 0 Å². The molecule has 3 aromatic carbocycles. The second-order valence-corrected chi connectivity index (χ2v) is 6.60. The monoisotopic (exact) mass is 404 g/mol. The van der Waals surface area contributed by atoms with Crippen molar-refractivity contribution in [3.8, 4) is 5.75 Å². The van der Waals surface area contributed by atoms with Crippen LogP contribution in [-0.2, 0) is 4.74 Å². The van der Waals surface area contributed by atoms with Crippen LogP contribution in [0.5, 0.6) is 5.75 Å². The van der Waals surface area contributed by atoms with Gasteiger partial charge in [0.1, 0.15) is 12.4 Å². The summed E-state index contributed by atoms with van der Waals surface area (Å²) in [4.78, 5) is 26.9. The van der Waals surface area contributed by atoms with Crippen molar-refractivity contribution in [1.29, 1.82) is 0 Å². The molecule has 0 bridgehead atoms. The molecule has 0 fully saturated rings. The van der Waals surface area contributed by atoms with Crippen molar-refractivity contribution in [2.45, 2.75) is 0 Å². The smallest absolute Gasteiger partial charge is 0.258 e. The van der Waals surface area contributed by atoms with Crippen molar-refractivity contribution in [3.05, 3.63) is 90.0 Å². The SMILES string of the molecule is COCCOc1ccc(C(=O)Nc2cccc(C(=O)N(C)c3ccccc3)c2)cc1. The van der Waals surface area contributed by atoms with Gasteiger partial charge in [-0.2, -0.15) is 0 Å². The number of nitrogens with one attached hydrogen (secondary N) is 1. The Morgan fingerprint density at radius 1 is 0.867 bits per heavy atom. The van der Waals surface area contributed by atoms with Gasteiger partial charge in [0, 0.05) is 36.7 Å². The Morgan fingerprint density at radius 2 is 1.60 bits per heavy atom. The fourth-order valence-electron chi connectivity index (χ4n) is 2.84. The van der Waals surface area contributed by atoms with Gasteiger partial charge in [-0.05, 0) is 54.6 Å². The summed E-state index contributed by atoms with van der Waals surface area (Å²) < 4.78 is 10.4. The molecule has 1 N–H and O–H groups in total. The molecule has 2 amide bonds. The first-order valence-electron chi connectivity index (χ1n) is 9.55. The predicted octanol–water partition coefficient (Wildman–Crippen LogP) is 4.24. The molecular formula is C24H24N2O4. The molecule has 0 atom stereocenters. The summed E-state index contributed by atoms with van der Waals surface area (Å²) in [5.41, 5.74) is 2.32. The number of nitrogens with zero attached hydrogens (tertiary/aromatic N) is 1. The molecular weight excluding hydrogens is 380 g/mol. The Morgan fingerprint density at radius 3 is 2.30 bits per heavy atom. The molecule has 6 nitrogen and oxygen atoms in total. The Hall–Kier alpha value is -3.64. The third-order valence-corrected chi connectivity index (χ3v) is 4.49. The molecule has 30 heavy (non-hydrogen) atoms. The van der Waals surface area contributed by atoms with Crippen molar-refractivity contribution < 1.29 is 19.1 Å². The predicted molar refractivity (Wildman–Crippen MR) is 117 cm³/mol. The summed E-state index contributed by atoms with van der Waals surface area (Å²) in [6.45, 7) is 0.942. The van der Waals surface area contributed by atoms with Gasteiger partial charge in [-0.25, -0.2) is 0 Å². The van der Waals surface area contributed by atoms with Crippen molar-refractivity contribution in [2.75, 3.05) is 37.6 Å². The van der Waals surface area contributed by atoms with Crippen LogP contribution in [0, 0.1) is 0 Å². The zero-order chi connectivity index (χ0) is 21.3. The molecule has 6 heteroatoms. The lowest BCUT2D eigenvalue weighted by Gasteiger charge is -2.17. The highest BCUT2D eigenvalue weighted by Crippen LogP contribution is 2.19. The van der Waals surface area contributed by atoms with Crippen LogP contribution in [0.2, 0.25) is 0 Å². The first kappa shape index (κ1) is 21.1. The first-order valence-corrected chi connectivity index (χ1v) is 9.55. The molecule has 0 spiro atoms. The van der Waals surface area contributed by atoms with Crippen LogP contribution in [0.1, 0.15) is 20.7 Å². The molecule has 0 aliphatic rings. The van der Waals surface area contributed by atoms with E-state index in [1.165, 1.54) is 0 Å². The molecule has 3 rings (SSSR count). The molecule has 0 radical (unpaired) electrons. The number of ether oxygens (including phenoxy) is 2. The van der Waals surface area contributed by atoms with Crippen LogP contribution in [0.3, 0.4) is 0 Å². The number of para-hydroxylation sites is 1. The molecule has 0 saturated carbocycles. The second kappa shape index (κ2) is 10.2. The molecule has 0 aromatic heterocycles. The van der Waals surface area contributed by atoms with Crippen LogP contribution >= 0.6 is 0 Å². The van der Waals surface area contributed by atoms with Gasteiger partial charge in [-0.3, -0.25) is 9.59 Å². The number of methoxy groups -OCH3 is 1. The maximum Gasteiger partial charge on any atom is 0.258 e. The van der Waals surface area contributed by atoms with Crippen molar-refractivity contribution in [3.63, 3.8) is 0 Å². The zero-order valence-electron chi connectivity index (χ0n) is 17.0. The largest absolute Gasteiger partial charge is 0.491 e. The Labute approximate surface area is 176 Å². The number of hydrogen-bond acceptors (Lipinski definition) is 4. The lowest BCUT2D eigenvalue weighted by molar-refractivity contribution is 0.0990. The summed E-state index contributed by atoms with van der Waals surface area (Å²) in [6.07, 6.45) is 0. The highest BCUT2D eigenvalue weighted by molar-refractivity contribution is 6.08. The van der Waals surface area contributed by atoms with E-state index < -0.39 is 0 Å². The highest BCUT2D eigenvalue weighted by Gasteiger charge is 2.14. The Bertz CT molecular complexity index is 988. The van der Waals surface area contributed by atoms with Gasteiger partial charge >= 0.3 is 0 Å². The van der Waals surface area contributed by atoms with E-state index in [1.807, 2.05) is 30.3 Å². The Balaban J connectivity index is 1.66. The fourth-order valence-corrected chi connectivity index (χ4v) is 2.84. The maximum absolute atomic E-state index is 12.8. The quantitative estimate of drug-likeness (QED) is 0.570. The number of anilines is 2. The molecule has 0 saturated heterocycles. The minimum Gasteiger partial charge on any atom is -0.491 e. The van der Waals surface area contributed by atoms with Gasteiger partial charge in [-0.1, -0.05) is 24.3 Å². The third kappa shape index (κ3) is 5.46. The average Bonchev–Trinajstić information content (AvgIpc) is 2.79. The van der Waals surface area contributed by atoms with Gasteiger partial charge in [-0.15, -0.1) is 0 Å². The fraction of sp³-hybridized carbons (Fsp3) is 0.167. The van der Waals surface area contributed by atoms with Crippen molar-refractivity contribution >= 4 is 23.2 Å². The zero-order valence-corrected chi connectivity index (χ0v) is 17.0. The summed E-state index contributed by atoms with van der Waals surface area (Å²) in [6, 6.07) is 23.1. The summed E-state index contributed by atoms with van der Waals surface area (Å²) in [5, 5.41) is 2.83. The van der Waals surface area contributed by atoms with Crippen molar-refractivity contribution in [1.82, 2.24) is 0 Å². The van der Waals surface area contributed by atoms with Gasteiger partial charge in [0.05, 0.1) is 6.61 Å². The summed E-state index contributed by atoms with van der Waals surface area (Å²) in [5.74, 6) is 0.245. The lowest BCUT2D eigenvalue weighted by Crippen LogP contribution is -2.26. The number of carbonyl (C=O) groups is 2. The van der Waals surface area contributed by atoms with Crippen LogP contribution < -0.4 is 15.0 Å². The highest BCUT2D eigenvalue weighted by atomic mass is 16.5. The van der Waals surface area contributed by atoms with E-state index in [0.29, 0.717) is 35.8 Å². The molecule has 0 aliphatic carbocycles. The summed E-state index contributed by atoms with van der Waals surface area (Å²) >= 11 is 0.